The molecule has 0 aliphatic carbocycles. The van der Waals surface area contributed by atoms with Crippen LogP contribution in [0, 0.1) is 6.92 Å². The number of aryl methyl sites for hydroxylation is 3. The molecule has 0 aliphatic heterocycles. The predicted octanol–water partition coefficient (Wildman–Crippen LogP) is 3.78. The minimum Gasteiger partial charge on any atom is -0.477 e. The van der Waals surface area contributed by atoms with E-state index in [-0.39, 0.29) is 4.88 Å². The Morgan fingerprint density at radius 2 is 1.92 bits per heavy atom. The van der Waals surface area contributed by atoms with E-state index >= 15 is 0 Å². The maximum atomic E-state index is 11.1. The van der Waals surface area contributed by atoms with E-state index in [2.05, 4.69) is 27.1 Å². The van der Waals surface area contributed by atoms with Crippen LogP contribution in [-0.4, -0.2) is 26.0 Å². The zero-order valence-corrected chi connectivity index (χ0v) is 14.1. The maximum absolute atomic E-state index is 11.1. The van der Waals surface area contributed by atoms with Gasteiger partial charge in [-0.15, -0.1) is 11.3 Å². The third-order valence-corrected chi connectivity index (χ3v) is 4.82. The quantitative estimate of drug-likeness (QED) is 0.739. The molecular formula is C18H17N3O2S. The lowest BCUT2D eigenvalue weighted by molar-refractivity contribution is 0.0701. The van der Waals surface area contributed by atoms with Gasteiger partial charge < -0.3 is 5.11 Å². The Hall–Kier alpha value is -2.60. The highest BCUT2D eigenvalue weighted by Crippen LogP contribution is 2.26. The van der Waals surface area contributed by atoms with Gasteiger partial charge >= 0.3 is 5.97 Å². The van der Waals surface area contributed by atoms with Crippen LogP contribution in [-0.2, 0) is 12.8 Å². The molecule has 0 aliphatic rings. The first-order valence-electron chi connectivity index (χ1n) is 7.69. The summed E-state index contributed by atoms with van der Waals surface area (Å²) >= 11 is 1.13. The van der Waals surface area contributed by atoms with Gasteiger partial charge in [-0.1, -0.05) is 30.3 Å². The number of aromatic nitrogens is 3. The van der Waals surface area contributed by atoms with Crippen molar-refractivity contribution in [1.29, 1.82) is 0 Å². The van der Waals surface area contributed by atoms with E-state index in [0.29, 0.717) is 16.4 Å². The van der Waals surface area contributed by atoms with Crippen molar-refractivity contribution in [2.75, 3.05) is 0 Å². The first-order chi connectivity index (χ1) is 11.6. The SMILES string of the molecule is Cc1nc(-c2cnc(CCCc3ccccc3)cn2)sc1C(=O)O. The summed E-state index contributed by atoms with van der Waals surface area (Å²) < 4.78 is 0. The van der Waals surface area contributed by atoms with Crippen molar-refractivity contribution in [2.45, 2.75) is 26.2 Å². The molecule has 5 nitrogen and oxygen atoms in total. The first-order valence-corrected chi connectivity index (χ1v) is 8.51. The summed E-state index contributed by atoms with van der Waals surface area (Å²) in [4.78, 5) is 24.4. The molecule has 0 saturated carbocycles. The fourth-order valence-corrected chi connectivity index (χ4v) is 3.28. The van der Waals surface area contributed by atoms with E-state index in [1.165, 1.54) is 5.56 Å². The highest BCUT2D eigenvalue weighted by atomic mass is 32.1. The largest absolute Gasteiger partial charge is 0.477 e. The van der Waals surface area contributed by atoms with Crippen molar-refractivity contribution in [3.05, 3.63) is 64.6 Å². The van der Waals surface area contributed by atoms with Crippen LogP contribution in [0.25, 0.3) is 10.7 Å². The molecular weight excluding hydrogens is 322 g/mol. The Bertz CT molecular complexity index is 829. The van der Waals surface area contributed by atoms with E-state index < -0.39 is 5.97 Å². The van der Waals surface area contributed by atoms with Gasteiger partial charge in [0, 0.05) is 6.20 Å². The molecule has 3 aromatic rings. The molecule has 122 valence electrons. The molecule has 6 heteroatoms. The number of carboxylic acids is 1. The highest BCUT2D eigenvalue weighted by Gasteiger charge is 2.15. The number of thiazole rings is 1. The number of carboxylic acid groups (broad SMARTS) is 1. The molecule has 0 radical (unpaired) electrons. The molecule has 24 heavy (non-hydrogen) atoms. The summed E-state index contributed by atoms with van der Waals surface area (Å²) in [5.41, 5.74) is 3.38. The van der Waals surface area contributed by atoms with Crippen LogP contribution in [0.1, 0.15) is 33.0 Å². The number of aromatic carboxylic acids is 1. The number of nitrogens with zero attached hydrogens (tertiary/aromatic N) is 3. The average molecular weight is 339 g/mol. The molecule has 3 rings (SSSR count). The Kier molecular flexibility index (Phi) is 4.96. The van der Waals surface area contributed by atoms with E-state index in [1.54, 1.807) is 19.3 Å². The number of benzene rings is 1. The molecule has 1 N–H and O–H groups in total. The second-order valence-corrected chi connectivity index (χ2v) is 6.47. The predicted molar refractivity (Wildman–Crippen MR) is 93.3 cm³/mol. The molecule has 0 spiro atoms. The number of carbonyl (C=O) groups is 1. The van der Waals surface area contributed by atoms with Crippen LogP contribution >= 0.6 is 11.3 Å². The minimum atomic E-state index is -0.957. The normalized spacial score (nSPS) is 10.7. The van der Waals surface area contributed by atoms with Gasteiger partial charge in [0.15, 0.2) is 0 Å². The number of hydrogen-bond acceptors (Lipinski definition) is 5. The summed E-state index contributed by atoms with van der Waals surface area (Å²) in [6, 6.07) is 10.4. The third kappa shape index (κ3) is 3.83. The fraction of sp³-hybridized carbons (Fsp3) is 0.222. The lowest BCUT2D eigenvalue weighted by atomic mass is 10.1. The van der Waals surface area contributed by atoms with Crippen LogP contribution in [0.15, 0.2) is 42.7 Å². The van der Waals surface area contributed by atoms with Crippen molar-refractivity contribution in [2.24, 2.45) is 0 Å². The van der Waals surface area contributed by atoms with Crippen LogP contribution < -0.4 is 0 Å². The lowest BCUT2D eigenvalue weighted by Crippen LogP contribution is -1.95. The topological polar surface area (TPSA) is 76.0 Å². The van der Waals surface area contributed by atoms with Crippen molar-refractivity contribution >= 4 is 17.3 Å². The summed E-state index contributed by atoms with van der Waals surface area (Å²) in [6.07, 6.45) is 6.30. The van der Waals surface area contributed by atoms with E-state index in [0.717, 1.165) is 36.3 Å². The molecule has 2 heterocycles. The summed E-state index contributed by atoms with van der Waals surface area (Å²) in [7, 11) is 0. The van der Waals surface area contributed by atoms with Gasteiger partial charge in [0.05, 0.1) is 17.6 Å². The minimum absolute atomic E-state index is 0.249. The van der Waals surface area contributed by atoms with E-state index in [1.807, 2.05) is 18.2 Å². The van der Waals surface area contributed by atoms with Gasteiger partial charge in [-0.3, -0.25) is 9.97 Å². The van der Waals surface area contributed by atoms with Crippen molar-refractivity contribution in [1.82, 2.24) is 15.0 Å². The molecule has 0 atom stereocenters. The van der Waals surface area contributed by atoms with Gasteiger partial charge in [0.25, 0.3) is 0 Å². The smallest absolute Gasteiger partial charge is 0.347 e. The zero-order valence-electron chi connectivity index (χ0n) is 13.3. The molecule has 2 aromatic heterocycles. The Morgan fingerprint density at radius 1 is 1.12 bits per heavy atom. The summed E-state index contributed by atoms with van der Waals surface area (Å²) in [6.45, 7) is 1.69. The van der Waals surface area contributed by atoms with Crippen LogP contribution in [0.5, 0.6) is 0 Å². The monoisotopic (exact) mass is 339 g/mol. The average Bonchev–Trinajstić information content (AvgIpc) is 2.99. The van der Waals surface area contributed by atoms with Gasteiger partial charge in [0.1, 0.15) is 15.6 Å². The number of hydrogen-bond donors (Lipinski definition) is 1. The lowest BCUT2D eigenvalue weighted by Gasteiger charge is -2.02. The van der Waals surface area contributed by atoms with Crippen LogP contribution in [0.3, 0.4) is 0 Å². The van der Waals surface area contributed by atoms with E-state index in [9.17, 15) is 4.79 Å². The zero-order chi connectivity index (χ0) is 16.9. The first kappa shape index (κ1) is 16.3. The molecule has 0 amide bonds. The second kappa shape index (κ2) is 7.31. The van der Waals surface area contributed by atoms with Crippen LogP contribution in [0.2, 0.25) is 0 Å². The second-order valence-electron chi connectivity index (χ2n) is 5.47. The van der Waals surface area contributed by atoms with Gasteiger partial charge in [-0.25, -0.2) is 9.78 Å². The molecule has 0 saturated heterocycles. The molecule has 1 aromatic carbocycles. The maximum Gasteiger partial charge on any atom is 0.347 e. The van der Waals surface area contributed by atoms with Crippen molar-refractivity contribution in [3.8, 4) is 10.7 Å². The van der Waals surface area contributed by atoms with Gasteiger partial charge in [0.2, 0.25) is 0 Å². The van der Waals surface area contributed by atoms with Crippen LogP contribution in [0.4, 0.5) is 0 Å². The molecule has 0 unspecified atom stereocenters. The standard InChI is InChI=1S/C18H17N3O2S/c1-12-16(18(22)23)24-17(21-12)15-11-19-14(10-20-15)9-5-8-13-6-3-2-4-7-13/h2-4,6-7,10-11H,5,8-9H2,1H3,(H,22,23). The van der Waals surface area contributed by atoms with Gasteiger partial charge in [-0.2, -0.15) is 0 Å². The Labute approximate surface area is 144 Å². The summed E-state index contributed by atoms with van der Waals surface area (Å²) in [5.74, 6) is -0.957. The van der Waals surface area contributed by atoms with Gasteiger partial charge in [-0.05, 0) is 31.7 Å². The number of rotatable bonds is 6. The van der Waals surface area contributed by atoms with Crippen molar-refractivity contribution in [3.63, 3.8) is 0 Å². The summed E-state index contributed by atoms with van der Waals surface area (Å²) in [5, 5.41) is 9.69. The third-order valence-electron chi connectivity index (χ3n) is 3.66. The molecule has 0 bridgehead atoms. The van der Waals surface area contributed by atoms with E-state index in [4.69, 9.17) is 5.11 Å². The Morgan fingerprint density at radius 3 is 2.54 bits per heavy atom. The van der Waals surface area contributed by atoms with Crippen molar-refractivity contribution < 1.29 is 9.90 Å². The molecule has 0 fully saturated rings. The highest BCUT2D eigenvalue weighted by molar-refractivity contribution is 7.16. The fourth-order valence-electron chi connectivity index (χ4n) is 2.42. The Balaban J connectivity index is 1.63.